The van der Waals surface area contributed by atoms with Crippen molar-refractivity contribution in [3.63, 3.8) is 0 Å². The van der Waals surface area contributed by atoms with Crippen molar-refractivity contribution >= 4 is 11.8 Å². The second kappa shape index (κ2) is 14.2. The van der Waals surface area contributed by atoms with Crippen molar-refractivity contribution in [2.45, 2.75) is 51.6 Å². The molecule has 2 aliphatic rings. The van der Waals surface area contributed by atoms with Crippen molar-refractivity contribution in [2.24, 2.45) is 11.8 Å². The molecule has 2 fully saturated rings. The smallest absolute Gasteiger partial charge is 0.223 e. The predicted octanol–water partition coefficient (Wildman–Crippen LogP) is 3.36. The fourth-order valence-electron chi connectivity index (χ4n) is 5.31. The van der Waals surface area contributed by atoms with E-state index in [0.717, 1.165) is 69.5 Å². The van der Waals surface area contributed by atoms with Crippen molar-refractivity contribution in [1.29, 1.82) is 0 Å². The molecule has 0 saturated carbocycles. The molecule has 1 aromatic carbocycles. The summed E-state index contributed by atoms with van der Waals surface area (Å²) in [6.07, 6.45) is 8.62. The van der Waals surface area contributed by atoms with Crippen LogP contribution in [0.5, 0.6) is 0 Å². The van der Waals surface area contributed by atoms with Crippen LogP contribution in [-0.2, 0) is 22.7 Å². The van der Waals surface area contributed by atoms with Gasteiger partial charge in [0, 0.05) is 57.5 Å². The van der Waals surface area contributed by atoms with Crippen molar-refractivity contribution in [2.75, 3.05) is 39.3 Å². The van der Waals surface area contributed by atoms with Crippen LogP contribution in [-0.4, -0.2) is 65.9 Å². The highest BCUT2D eigenvalue weighted by Crippen LogP contribution is 2.20. The van der Waals surface area contributed by atoms with E-state index in [0.29, 0.717) is 38.4 Å². The van der Waals surface area contributed by atoms with Crippen molar-refractivity contribution in [1.82, 2.24) is 25.4 Å². The van der Waals surface area contributed by atoms with Crippen LogP contribution in [0.2, 0.25) is 0 Å². The lowest BCUT2D eigenvalue weighted by molar-refractivity contribution is -0.126. The summed E-state index contributed by atoms with van der Waals surface area (Å²) < 4.78 is 13.1. The van der Waals surface area contributed by atoms with Gasteiger partial charge in [0.05, 0.1) is 0 Å². The number of amides is 2. The average molecular weight is 510 g/mol. The Balaban J connectivity index is 1.21. The van der Waals surface area contributed by atoms with E-state index in [1.807, 2.05) is 24.4 Å². The number of carbonyl (C=O) groups is 2. The number of carbonyl (C=O) groups excluding carboxylic acids is 2. The summed E-state index contributed by atoms with van der Waals surface area (Å²) in [7, 11) is 0. The van der Waals surface area contributed by atoms with Crippen LogP contribution in [0.15, 0.2) is 48.8 Å². The van der Waals surface area contributed by atoms with Crippen LogP contribution in [0.4, 0.5) is 4.39 Å². The maximum atomic E-state index is 13.1. The number of rotatable bonds is 7. The van der Waals surface area contributed by atoms with Gasteiger partial charge in [0.2, 0.25) is 11.8 Å². The molecule has 2 saturated heterocycles. The first kappa shape index (κ1) is 27.2. The van der Waals surface area contributed by atoms with Gasteiger partial charge in [0.1, 0.15) is 5.82 Å². The van der Waals surface area contributed by atoms with Gasteiger partial charge in [-0.3, -0.25) is 24.4 Å². The first-order chi connectivity index (χ1) is 18.0. The van der Waals surface area contributed by atoms with E-state index in [2.05, 4.69) is 31.5 Å². The van der Waals surface area contributed by atoms with E-state index in [9.17, 15) is 14.0 Å². The molecule has 0 radical (unpaired) electrons. The Labute approximate surface area is 219 Å². The number of aromatic nitrogens is 1. The number of piperidine rings is 1. The van der Waals surface area contributed by atoms with Crippen LogP contribution in [0.3, 0.4) is 0 Å². The highest BCUT2D eigenvalue weighted by atomic mass is 19.1. The van der Waals surface area contributed by atoms with E-state index < -0.39 is 0 Å². The molecule has 0 bridgehead atoms. The third-order valence-electron chi connectivity index (χ3n) is 7.59. The first-order valence-electron chi connectivity index (χ1n) is 13.7. The lowest BCUT2D eigenvalue weighted by Gasteiger charge is -2.32. The summed E-state index contributed by atoms with van der Waals surface area (Å²) in [6, 6.07) is 10.7. The maximum Gasteiger partial charge on any atom is 0.223 e. The van der Waals surface area contributed by atoms with Gasteiger partial charge in [0.15, 0.2) is 0 Å². The standard InChI is InChI=1S/C29H40FN5O2/c30-27-7-5-24(6-8-27)21-35-16-10-23(11-17-35)20-33-29(37)26-4-2-15-34(18-12-28(36)32-14-9-26)22-25-3-1-13-31-19-25/h1,3,5-8,13,19,23,26H,2,4,9-12,14-18,20-22H2,(H,32,36)(H,33,37). The Bertz CT molecular complexity index is 980. The fraction of sp³-hybridized carbons (Fsp3) is 0.552. The Kier molecular flexibility index (Phi) is 10.4. The Morgan fingerprint density at radius 1 is 0.973 bits per heavy atom. The lowest BCUT2D eigenvalue weighted by atomic mass is 9.94. The summed E-state index contributed by atoms with van der Waals surface area (Å²) in [6.45, 7) is 6.39. The molecule has 0 spiro atoms. The second-order valence-electron chi connectivity index (χ2n) is 10.5. The van der Waals surface area contributed by atoms with Crippen LogP contribution >= 0.6 is 0 Å². The quantitative estimate of drug-likeness (QED) is 0.599. The highest BCUT2D eigenvalue weighted by molar-refractivity contribution is 5.79. The van der Waals surface area contributed by atoms with Crippen molar-refractivity contribution < 1.29 is 14.0 Å². The summed E-state index contributed by atoms with van der Waals surface area (Å²) in [5.74, 6) is 0.349. The zero-order valence-electron chi connectivity index (χ0n) is 21.7. The van der Waals surface area contributed by atoms with Crippen LogP contribution in [0, 0.1) is 17.7 Å². The molecule has 2 amide bonds. The molecule has 1 atom stereocenters. The minimum Gasteiger partial charge on any atom is -0.356 e. The van der Waals surface area contributed by atoms with Gasteiger partial charge in [0.25, 0.3) is 0 Å². The monoisotopic (exact) mass is 509 g/mol. The van der Waals surface area contributed by atoms with Gasteiger partial charge in [-0.15, -0.1) is 0 Å². The number of pyridine rings is 1. The molecule has 2 aromatic rings. The van der Waals surface area contributed by atoms with E-state index >= 15 is 0 Å². The molecule has 200 valence electrons. The van der Waals surface area contributed by atoms with Gasteiger partial charge in [-0.2, -0.15) is 0 Å². The third-order valence-corrected chi connectivity index (χ3v) is 7.59. The fourth-order valence-corrected chi connectivity index (χ4v) is 5.31. The zero-order chi connectivity index (χ0) is 25.9. The molecular weight excluding hydrogens is 469 g/mol. The molecule has 2 N–H and O–H groups in total. The Hall–Kier alpha value is -2.84. The Morgan fingerprint density at radius 3 is 2.49 bits per heavy atom. The number of benzene rings is 1. The van der Waals surface area contributed by atoms with Gasteiger partial charge < -0.3 is 10.6 Å². The normalized spacial score (nSPS) is 21.1. The van der Waals surface area contributed by atoms with Crippen molar-refractivity contribution in [3.8, 4) is 0 Å². The Morgan fingerprint density at radius 2 is 1.73 bits per heavy atom. The summed E-state index contributed by atoms with van der Waals surface area (Å²) in [4.78, 5) is 34.3. The topological polar surface area (TPSA) is 77.6 Å². The maximum absolute atomic E-state index is 13.1. The van der Waals surface area contributed by atoms with Crippen LogP contribution < -0.4 is 10.6 Å². The molecule has 3 heterocycles. The number of nitrogens with zero attached hydrogens (tertiary/aromatic N) is 3. The van der Waals surface area contributed by atoms with E-state index in [1.54, 1.807) is 6.20 Å². The molecule has 1 unspecified atom stereocenters. The number of likely N-dealkylation sites (tertiary alicyclic amines) is 1. The van der Waals surface area contributed by atoms with Gasteiger partial charge in [-0.1, -0.05) is 18.2 Å². The van der Waals surface area contributed by atoms with Gasteiger partial charge >= 0.3 is 0 Å². The number of hydrogen-bond acceptors (Lipinski definition) is 5. The van der Waals surface area contributed by atoms with Crippen LogP contribution in [0.1, 0.15) is 49.7 Å². The summed E-state index contributed by atoms with van der Waals surface area (Å²) in [5.41, 5.74) is 2.27. The molecule has 37 heavy (non-hydrogen) atoms. The average Bonchev–Trinajstić information content (AvgIpc) is 2.95. The minimum atomic E-state index is -0.200. The van der Waals surface area contributed by atoms with Crippen LogP contribution in [0.25, 0.3) is 0 Å². The van der Waals surface area contributed by atoms with E-state index in [1.165, 1.54) is 12.1 Å². The minimum absolute atomic E-state index is 0.0460. The molecule has 8 heteroatoms. The number of hydrogen-bond donors (Lipinski definition) is 2. The number of halogens is 1. The summed E-state index contributed by atoms with van der Waals surface area (Å²) >= 11 is 0. The van der Waals surface area contributed by atoms with Gasteiger partial charge in [-0.05, 0) is 87.0 Å². The largest absolute Gasteiger partial charge is 0.356 e. The second-order valence-corrected chi connectivity index (χ2v) is 10.5. The highest BCUT2D eigenvalue weighted by Gasteiger charge is 2.23. The molecule has 1 aromatic heterocycles. The molecule has 0 aliphatic carbocycles. The van der Waals surface area contributed by atoms with E-state index in [-0.39, 0.29) is 23.5 Å². The van der Waals surface area contributed by atoms with E-state index in [4.69, 9.17) is 0 Å². The number of nitrogens with one attached hydrogen (secondary N) is 2. The molecule has 7 nitrogen and oxygen atoms in total. The summed E-state index contributed by atoms with van der Waals surface area (Å²) in [5, 5.41) is 6.22. The van der Waals surface area contributed by atoms with Gasteiger partial charge in [-0.25, -0.2) is 4.39 Å². The third kappa shape index (κ3) is 9.20. The van der Waals surface area contributed by atoms with Crippen molar-refractivity contribution in [3.05, 3.63) is 65.7 Å². The predicted molar refractivity (Wildman–Crippen MR) is 142 cm³/mol. The SMILES string of the molecule is O=C1CCN(Cc2cccnc2)CCCC(C(=O)NCC2CCN(Cc3ccc(F)cc3)CC2)CCN1. The molecule has 2 aliphatic heterocycles. The zero-order valence-corrected chi connectivity index (χ0v) is 21.7. The molecule has 4 rings (SSSR count). The lowest BCUT2D eigenvalue weighted by Crippen LogP contribution is -2.40. The molecular formula is C29H40FN5O2. The first-order valence-corrected chi connectivity index (χ1v) is 13.7.